The van der Waals surface area contributed by atoms with E-state index in [1.54, 1.807) is 0 Å². The van der Waals surface area contributed by atoms with Gasteiger partial charge in [0.15, 0.2) is 0 Å². The topological polar surface area (TPSA) is 0 Å². The van der Waals surface area contributed by atoms with Crippen molar-refractivity contribution in [2.24, 2.45) is 0 Å². The fourth-order valence-corrected chi connectivity index (χ4v) is 1.65. The fraction of sp³-hybridized carbons (Fsp3) is 0.0769. The van der Waals surface area contributed by atoms with Crippen LogP contribution in [0.5, 0.6) is 0 Å². The molecule has 2 rings (SSSR count). The van der Waals surface area contributed by atoms with E-state index in [0.717, 1.165) is 0 Å². The summed E-state index contributed by atoms with van der Waals surface area (Å²) < 4.78 is 0. The van der Waals surface area contributed by atoms with Crippen molar-refractivity contribution in [3.05, 3.63) is 54.1 Å². The summed E-state index contributed by atoms with van der Waals surface area (Å²) in [6.07, 6.45) is 0. The van der Waals surface area contributed by atoms with E-state index in [9.17, 15) is 0 Å². The minimum Gasteiger partial charge on any atom is -0.0884 e. The Hall–Kier alpha value is -1.50. The van der Waals surface area contributed by atoms with Gasteiger partial charge in [-0.15, -0.1) is 0 Å². The van der Waals surface area contributed by atoms with Crippen molar-refractivity contribution in [3.8, 4) is 11.1 Å². The van der Waals surface area contributed by atoms with Gasteiger partial charge in [-0.3, -0.25) is 0 Å². The van der Waals surface area contributed by atoms with E-state index >= 15 is 0 Å². The Labute approximate surface area is 86.0 Å². The average molecular weight is 180 g/mol. The molecule has 68 valence electrons. The maximum absolute atomic E-state index is 2.22. The van der Waals surface area contributed by atoms with Gasteiger partial charge in [-0.2, -0.15) is 0 Å². The molecule has 0 aliphatic rings. The lowest BCUT2D eigenvalue weighted by molar-refractivity contribution is 1.47. The van der Waals surface area contributed by atoms with Crippen LogP contribution in [0.4, 0.5) is 0 Å². The molecule has 2 aromatic rings. The second-order valence-electron chi connectivity index (χ2n) is 3.74. The molecule has 0 radical (unpaired) electrons. The lowest BCUT2D eigenvalue weighted by Gasteiger charge is -2.03. The Morgan fingerprint density at radius 1 is 0.857 bits per heavy atom. The van der Waals surface area contributed by atoms with E-state index in [-0.39, 0.29) is 0 Å². The van der Waals surface area contributed by atoms with Crippen molar-refractivity contribution >= 4 is 13.3 Å². The molecular formula is C13H13B. The highest BCUT2D eigenvalue weighted by molar-refractivity contribution is 6.32. The second-order valence-corrected chi connectivity index (χ2v) is 3.74. The standard InChI is InChI=1S/C13H13B/c1-10-4-2-5-11(8-10)12-6-3-7-13(14)9-12/h2-9H,14H2,1H3. The van der Waals surface area contributed by atoms with E-state index in [1.807, 2.05) is 0 Å². The van der Waals surface area contributed by atoms with Crippen LogP contribution in [0.25, 0.3) is 11.1 Å². The monoisotopic (exact) mass is 180 g/mol. The first-order valence-corrected chi connectivity index (χ1v) is 4.89. The summed E-state index contributed by atoms with van der Waals surface area (Å²) in [6.45, 7) is 2.12. The molecule has 0 aliphatic carbocycles. The van der Waals surface area contributed by atoms with Crippen molar-refractivity contribution in [2.45, 2.75) is 6.92 Å². The highest BCUT2D eigenvalue weighted by Crippen LogP contribution is 2.18. The summed E-state index contributed by atoms with van der Waals surface area (Å²) in [5.41, 5.74) is 5.22. The van der Waals surface area contributed by atoms with Gasteiger partial charge in [-0.1, -0.05) is 59.6 Å². The van der Waals surface area contributed by atoms with Gasteiger partial charge < -0.3 is 0 Å². The third kappa shape index (κ3) is 1.87. The Kier molecular flexibility index (Phi) is 2.40. The molecule has 0 atom stereocenters. The zero-order valence-corrected chi connectivity index (χ0v) is 8.62. The number of benzene rings is 2. The molecule has 0 spiro atoms. The van der Waals surface area contributed by atoms with Gasteiger partial charge in [0.05, 0.1) is 0 Å². The van der Waals surface area contributed by atoms with Crippen LogP contribution in [0.15, 0.2) is 48.5 Å². The predicted octanol–water partition coefficient (Wildman–Crippen LogP) is 1.92. The van der Waals surface area contributed by atoms with E-state index in [2.05, 4.69) is 63.3 Å². The highest BCUT2D eigenvalue weighted by atomic mass is 14.0. The van der Waals surface area contributed by atoms with Gasteiger partial charge >= 0.3 is 0 Å². The van der Waals surface area contributed by atoms with Crippen molar-refractivity contribution in [2.75, 3.05) is 0 Å². The van der Waals surface area contributed by atoms with E-state index in [0.29, 0.717) is 0 Å². The highest BCUT2D eigenvalue weighted by Gasteiger charge is 1.96. The normalized spacial score (nSPS) is 10.1. The zero-order valence-electron chi connectivity index (χ0n) is 8.62. The summed E-state index contributed by atoms with van der Waals surface area (Å²) in [5.74, 6) is 0. The van der Waals surface area contributed by atoms with Crippen LogP contribution in [-0.4, -0.2) is 7.85 Å². The largest absolute Gasteiger partial charge is 0.139 e. The summed E-state index contributed by atoms with van der Waals surface area (Å²) in [5, 5.41) is 0. The number of aryl methyl sites for hydroxylation is 1. The molecule has 0 saturated carbocycles. The van der Waals surface area contributed by atoms with Crippen molar-refractivity contribution in [3.63, 3.8) is 0 Å². The lowest BCUT2D eigenvalue weighted by Crippen LogP contribution is -2.00. The summed E-state index contributed by atoms with van der Waals surface area (Å²) in [4.78, 5) is 0. The molecule has 0 amide bonds. The van der Waals surface area contributed by atoms with Crippen LogP contribution in [0.3, 0.4) is 0 Å². The van der Waals surface area contributed by atoms with Crippen molar-refractivity contribution in [1.29, 1.82) is 0 Å². The smallest absolute Gasteiger partial charge is 0.0884 e. The summed E-state index contributed by atoms with van der Waals surface area (Å²) in [7, 11) is 2.12. The van der Waals surface area contributed by atoms with Gasteiger partial charge in [0.1, 0.15) is 7.85 Å². The zero-order chi connectivity index (χ0) is 9.97. The SMILES string of the molecule is Bc1cccc(-c2cccc(C)c2)c1. The Morgan fingerprint density at radius 2 is 1.50 bits per heavy atom. The number of hydrogen-bond donors (Lipinski definition) is 0. The van der Waals surface area contributed by atoms with Crippen LogP contribution < -0.4 is 5.46 Å². The van der Waals surface area contributed by atoms with E-state index < -0.39 is 0 Å². The van der Waals surface area contributed by atoms with Crippen LogP contribution in [0.2, 0.25) is 0 Å². The van der Waals surface area contributed by atoms with Gasteiger partial charge in [-0.05, 0) is 18.1 Å². The second kappa shape index (κ2) is 3.71. The molecule has 0 fully saturated rings. The van der Waals surface area contributed by atoms with Crippen molar-refractivity contribution < 1.29 is 0 Å². The molecule has 2 aromatic carbocycles. The summed E-state index contributed by atoms with van der Waals surface area (Å²) in [6, 6.07) is 17.2. The molecule has 0 saturated heterocycles. The third-order valence-electron chi connectivity index (χ3n) is 2.37. The molecule has 14 heavy (non-hydrogen) atoms. The van der Waals surface area contributed by atoms with E-state index in [4.69, 9.17) is 0 Å². The van der Waals surface area contributed by atoms with E-state index in [1.165, 1.54) is 22.2 Å². The molecule has 0 bridgehead atoms. The van der Waals surface area contributed by atoms with Crippen LogP contribution in [-0.2, 0) is 0 Å². The maximum atomic E-state index is 2.22. The lowest BCUT2D eigenvalue weighted by atomic mass is 9.92. The number of hydrogen-bond acceptors (Lipinski definition) is 0. The van der Waals surface area contributed by atoms with Gasteiger partial charge in [0.2, 0.25) is 0 Å². The van der Waals surface area contributed by atoms with Crippen LogP contribution in [0.1, 0.15) is 5.56 Å². The molecule has 0 heterocycles. The van der Waals surface area contributed by atoms with Crippen LogP contribution >= 0.6 is 0 Å². The molecule has 1 heteroatoms. The molecule has 0 aliphatic heterocycles. The Bertz CT molecular complexity index is 403. The quantitative estimate of drug-likeness (QED) is 0.588. The third-order valence-corrected chi connectivity index (χ3v) is 2.37. The van der Waals surface area contributed by atoms with Crippen molar-refractivity contribution in [1.82, 2.24) is 0 Å². The first-order chi connectivity index (χ1) is 6.75. The van der Waals surface area contributed by atoms with Gasteiger partial charge in [-0.25, -0.2) is 0 Å². The van der Waals surface area contributed by atoms with Gasteiger partial charge in [0, 0.05) is 0 Å². The first-order valence-electron chi connectivity index (χ1n) is 4.89. The molecule has 0 N–H and O–H groups in total. The Morgan fingerprint density at radius 3 is 2.14 bits per heavy atom. The molecular weight excluding hydrogens is 167 g/mol. The van der Waals surface area contributed by atoms with Gasteiger partial charge in [0.25, 0.3) is 0 Å². The number of rotatable bonds is 1. The predicted molar refractivity (Wildman–Crippen MR) is 64.8 cm³/mol. The molecule has 0 nitrogen and oxygen atoms in total. The first kappa shape index (κ1) is 9.08. The maximum Gasteiger partial charge on any atom is 0.139 e. The minimum atomic E-state index is 1.30. The fourth-order valence-electron chi connectivity index (χ4n) is 1.65. The average Bonchev–Trinajstić information content (AvgIpc) is 2.18. The molecule has 0 aromatic heterocycles. The van der Waals surface area contributed by atoms with Crippen LogP contribution in [0, 0.1) is 6.92 Å². The summed E-state index contributed by atoms with van der Waals surface area (Å²) >= 11 is 0. The molecule has 0 unspecified atom stereocenters. The minimum absolute atomic E-state index is 1.30. The Balaban J connectivity index is 2.49.